The summed E-state index contributed by atoms with van der Waals surface area (Å²) in [4.78, 5) is 49.4. The number of amides is 2. The molecule has 1 aliphatic carbocycles. The second kappa shape index (κ2) is 11.0. The summed E-state index contributed by atoms with van der Waals surface area (Å²) in [5, 5.41) is 10.4. The van der Waals surface area contributed by atoms with Crippen molar-refractivity contribution in [2.75, 3.05) is 24.4 Å². The van der Waals surface area contributed by atoms with Gasteiger partial charge in [0.05, 0.1) is 18.5 Å². The van der Waals surface area contributed by atoms with Crippen LogP contribution in [0, 0.1) is 0 Å². The van der Waals surface area contributed by atoms with E-state index in [1.165, 1.54) is 52.0 Å². The van der Waals surface area contributed by atoms with Gasteiger partial charge in [0, 0.05) is 32.5 Å². The number of rotatable bonds is 7. The van der Waals surface area contributed by atoms with Gasteiger partial charge >= 0.3 is 12.1 Å². The standard InChI is InChI=1S/C27H32N8O6/c1-27(2,3)41-26(38)33(4)21-14-20(31-19-7-6-11-34(24(19)37)25-28-10-12-40-25)32-22-18(15-29-35(21)22)23(36)30-16-8-9-17(13-16)39-5/h6-7,10-12,14-17H,8-9,13H2,1-5H3,(H,30,36)(H,31,32)/t16-,17-/m0/s1. The van der Waals surface area contributed by atoms with Crippen molar-refractivity contribution in [3.05, 3.63) is 59.0 Å². The van der Waals surface area contributed by atoms with Crippen molar-refractivity contribution in [3.8, 4) is 6.01 Å². The van der Waals surface area contributed by atoms with Crippen molar-refractivity contribution < 1.29 is 23.5 Å². The van der Waals surface area contributed by atoms with Gasteiger partial charge in [0.25, 0.3) is 11.5 Å². The molecule has 1 saturated carbocycles. The number of carbonyl (C=O) groups excluding carboxylic acids is 2. The van der Waals surface area contributed by atoms with E-state index in [9.17, 15) is 14.4 Å². The summed E-state index contributed by atoms with van der Waals surface area (Å²) in [6.45, 7) is 5.28. The Morgan fingerprint density at radius 1 is 1.24 bits per heavy atom. The van der Waals surface area contributed by atoms with Crippen molar-refractivity contribution in [2.45, 2.75) is 57.8 Å². The molecule has 41 heavy (non-hydrogen) atoms. The van der Waals surface area contributed by atoms with Crippen LogP contribution in [-0.2, 0) is 9.47 Å². The number of nitrogens with zero attached hydrogens (tertiary/aromatic N) is 6. The summed E-state index contributed by atoms with van der Waals surface area (Å²) in [5.41, 5.74) is -0.638. The number of hydrogen-bond donors (Lipinski definition) is 2. The Kier molecular flexibility index (Phi) is 7.49. The molecule has 216 valence electrons. The molecule has 14 nitrogen and oxygen atoms in total. The van der Waals surface area contributed by atoms with Crippen LogP contribution < -0.4 is 21.1 Å². The molecule has 4 aromatic heterocycles. The number of pyridine rings is 1. The molecule has 1 aliphatic rings. The maximum Gasteiger partial charge on any atom is 0.415 e. The van der Waals surface area contributed by atoms with Gasteiger partial charge in [-0.05, 0) is 52.2 Å². The zero-order valence-corrected chi connectivity index (χ0v) is 23.5. The molecule has 4 heterocycles. The highest BCUT2D eigenvalue weighted by atomic mass is 16.6. The quantitative estimate of drug-likeness (QED) is 0.341. The van der Waals surface area contributed by atoms with E-state index in [1.54, 1.807) is 40.0 Å². The summed E-state index contributed by atoms with van der Waals surface area (Å²) in [5.74, 6) is 0.0957. The maximum absolute atomic E-state index is 13.3. The Balaban J connectivity index is 1.54. The Bertz CT molecular complexity index is 1620. The van der Waals surface area contributed by atoms with Gasteiger partial charge < -0.3 is 24.5 Å². The third-order valence-corrected chi connectivity index (χ3v) is 6.60. The predicted octanol–water partition coefficient (Wildman–Crippen LogP) is 3.28. The van der Waals surface area contributed by atoms with Crippen LogP contribution in [0.25, 0.3) is 11.7 Å². The van der Waals surface area contributed by atoms with Crippen LogP contribution in [0.4, 0.5) is 22.1 Å². The lowest BCUT2D eigenvalue weighted by Gasteiger charge is -2.25. The van der Waals surface area contributed by atoms with Gasteiger partial charge in [0.2, 0.25) is 0 Å². The molecular formula is C27H32N8O6. The second-order valence-electron chi connectivity index (χ2n) is 10.7. The normalized spacial score (nSPS) is 17.0. The molecule has 0 unspecified atom stereocenters. The fraction of sp³-hybridized carbons (Fsp3) is 0.407. The lowest BCUT2D eigenvalue weighted by molar-refractivity contribution is 0.0587. The topological polar surface area (TPSA) is 158 Å². The minimum Gasteiger partial charge on any atom is -0.443 e. The van der Waals surface area contributed by atoms with Crippen molar-refractivity contribution in [1.29, 1.82) is 0 Å². The maximum atomic E-state index is 13.3. The van der Waals surface area contributed by atoms with E-state index >= 15 is 0 Å². The monoisotopic (exact) mass is 564 g/mol. The van der Waals surface area contributed by atoms with Crippen molar-refractivity contribution in [3.63, 3.8) is 0 Å². The van der Waals surface area contributed by atoms with Crippen LogP contribution >= 0.6 is 0 Å². The lowest BCUT2D eigenvalue weighted by atomic mass is 10.2. The first-order chi connectivity index (χ1) is 19.5. The zero-order chi connectivity index (χ0) is 29.3. The van der Waals surface area contributed by atoms with Gasteiger partial charge in [-0.2, -0.15) is 9.61 Å². The van der Waals surface area contributed by atoms with Gasteiger partial charge in [0.15, 0.2) is 5.65 Å². The van der Waals surface area contributed by atoms with E-state index in [0.29, 0.717) is 6.42 Å². The van der Waals surface area contributed by atoms with Crippen LogP contribution in [0.2, 0.25) is 0 Å². The molecule has 0 aromatic carbocycles. The van der Waals surface area contributed by atoms with Gasteiger partial charge in [-0.15, -0.1) is 0 Å². The summed E-state index contributed by atoms with van der Waals surface area (Å²) >= 11 is 0. The highest BCUT2D eigenvalue weighted by molar-refractivity contribution is 6.00. The first-order valence-electron chi connectivity index (χ1n) is 13.1. The molecule has 4 aromatic rings. The summed E-state index contributed by atoms with van der Waals surface area (Å²) < 4.78 is 18.9. The number of oxazole rings is 1. The van der Waals surface area contributed by atoms with Gasteiger partial charge in [0.1, 0.15) is 34.8 Å². The lowest BCUT2D eigenvalue weighted by Crippen LogP contribution is -2.35. The van der Waals surface area contributed by atoms with E-state index in [-0.39, 0.29) is 52.6 Å². The summed E-state index contributed by atoms with van der Waals surface area (Å²) in [6.07, 6.45) is 7.53. The number of hydrogen-bond acceptors (Lipinski definition) is 10. The number of anilines is 3. The second-order valence-corrected chi connectivity index (χ2v) is 10.7. The molecule has 14 heteroatoms. The first kappa shape index (κ1) is 27.8. The van der Waals surface area contributed by atoms with Gasteiger partial charge in [-0.1, -0.05) is 0 Å². The Hall–Kier alpha value is -4.72. The average molecular weight is 565 g/mol. The third kappa shape index (κ3) is 5.91. The van der Waals surface area contributed by atoms with Crippen LogP contribution in [0.15, 0.2) is 52.3 Å². The van der Waals surface area contributed by atoms with Crippen LogP contribution in [0.3, 0.4) is 0 Å². The number of nitrogens with one attached hydrogen (secondary N) is 2. The molecule has 0 bridgehead atoms. The first-order valence-corrected chi connectivity index (χ1v) is 13.1. The van der Waals surface area contributed by atoms with Crippen molar-refractivity contribution in [2.24, 2.45) is 0 Å². The van der Waals surface area contributed by atoms with E-state index in [1.807, 2.05) is 0 Å². The fourth-order valence-corrected chi connectivity index (χ4v) is 4.60. The molecule has 5 rings (SSSR count). The number of methoxy groups -OCH3 is 1. The third-order valence-electron chi connectivity index (χ3n) is 6.60. The fourth-order valence-electron chi connectivity index (χ4n) is 4.60. The molecular weight excluding hydrogens is 532 g/mol. The van der Waals surface area contributed by atoms with Crippen molar-refractivity contribution in [1.82, 2.24) is 29.5 Å². The highest BCUT2D eigenvalue weighted by Crippen LogP contribution is 2.26. The Labute approximate surface area is 235 Å². The Morgan fingerprint density at radius 3 is 2.73 bits per heavy atom. The largest absolute Gasteiger partial charge is 0.443 e. The van der Waals surface area contributed by atoms with E-state index in [2.05, 4.69) is 25.7 Å². The van der Waals surface area contributed by atoms with Gasteiger partial charge in [-0.25, -0.2) is 19.3 Å². The molecule has 2 N–H and O–H groups in total. The van der Waals surface area contributed by atoms with Crippen LogP contribution in [0.5, 0.6) is 0 Å². The zero-order valence-electron chi connectivity index (χ0n) is 23.5. The molecule has 0 spiro atoms. The molecule has 2 atom stereocenters. The minimum atomic E-state index is -0.746. The minimum absolute atomic E-state index is 0.0504. The number of aromatic nitrogens is 5. The molecule has 0 radical (unpaired) electrons. The van der Waals surface area contributed by atoms with E-state index < -0.39 is 17.3 Å². The number of ether oxygens (including phenoxy) is 2. The average Bonchev–Trinajstić information content (AvgIpc) is 3.69. The smallest absolute Gasteiger partial charge is 0.415 e. The molecule has 2 amide bonds. The summed E-state index contributed by atoms with van der Waals surface area (Å²) in [7, 11) is 3.18. The van der Waals surface area contributed by atoms with Crippen LogP contribution in [-0.4, -0.2) is 68.1 Å². The Morgan fingerprint density at radius 2 is 2.05 bits per heavy atom. The number of fused-ring (bicyclic) bond motifs is 1. The van der Waals surface area contributed by atoms with Crippen molar-refractivity contribution >= 4 is 35.0 Å². The van der Waals surface area contributed by atoms with Gasteiger partial charge in [-0.3, -0.25) is 14.5 Å². The molecule has 0 aliphatic heterocycles. The molecule has 0 saturated heterocycles. The van der Waals surface area contributed by atoms with Crippen LogP contribution in [0.1, 0.15) is 50.4 Å². The highest BCUT2D eigenvalue weighted by Gasteiger charge is 2.29. The predicted molar refractivity (Wildman–Crippen MR) is 149 cm³/mol. The molecule has 1 fully saturated rings. The van der Waals surface area contributed by atoms with E-state index in [4.69, 9.17) is 13.9 Å². The SMILES string of the molecule is CO[C@H]1CC[C@H](NC(=O)c2cnn3c(N(C)C(=O)OC(C)(C)C)cc(Nc4cccn(-c5ncco5)c4=O)nc23)C1. The van der Waals surface area contributed by atoms with E-state index in [0.717, 1.165) is 12.8 Å². The summed E-state index contributed by atoms with van der Waals surface area (Å²) in [6, 6.07) is 4.80. The number of carbonyl (C=O) groups is 2.